The van der Waals surface area contributed by atoms with E-state index in [0.717, 1.165) is 23.3 Å². The molecule has 0 amide bonds. The number of ether oxygens (including phenoxy) is 1. The molecule has 3 aromatic carbocycles. The number of sulfonamides is 1. The Balaban J connectivity index is 1.79. The summed E-state index contributed by atoms with van der Waals surface area (Å²) in [4.78, 5) is 13.4. The van der Waals surface area contributed by atoms with Gasteiger partial charge in [-0.2, -0.15) is 0 Å². The molecule has 0 spiro atoms. The zero-order chi connectivity index (χ0) is 20.9. The molecule has 0 fully saturated rings. The highest BCUT2D eigenvalue weighted by atomic mass is 32.2. The van der Waals surface area contributed by atoms with Gasteiger partial charge in [-0.3, -0.25) is 4.79 Å². The standard InChI is InChI=1S/C23H17NO5S/c24-30(26,27)17-8-5-14(6-9-17)23-21(16-7-10-19-15(13-16)11-12-28-19)22(25)18-3-1-2-4-20(18)29-23/h1-10,13H,11-12H2,(H2,24,26,27). The Labute approximate surface area is 172 Å². The van der Waals surface area contributed by atoms with E-state index in [4.69, 9.17) is 14.3 Å². The summed E-state index contributed by atoms with van der Waals surface area (Å²) in [5.41, 5.74) is 3.08. The van der Waals surface area contributed by atoms with E-state index in [0.29, 0.717) is 34.5 Å². The molecule has 0 unspecified atom stereocenters. The largest absolute Gasteiger partial charge is 0.493 e. The Bertz CT molecular complexity index is 1450. The Morgan fingerprint density at radius 2 is 1.63 bits per heavy atom. The van der Waals surface area contributed by atoms with Gasteiger partial charge in [-0.1, -0.05) is 18.2 Å². The van der Waals surface area contributed by atoms with Crippen molar-refractivity contribution in [3.05, 3.63) is 82.5 Å². The number of benzene rings is 3. The fraction of sp³-hybridized carbons (Fsp3) is 0.0870. The average Bonchev–Trinajstić information content (AvgIpc) is 3.21. The van der Waals surface area contributed by atoms with Gasteiger partial charge in [0.05, 0.1) is 22.5 Å². The molecule has 2 N–H and O–H groups in total. The predicted molar refractivity (Wildman–Crippen MR) is 114 cm³/mol. The van der Waals surface area contributed by atoms with E-state index in [1.54, 1.807) is 36.4 Å². The zero-order valence-corrected chi connectivity index (χ0v) is 16.6. The minimum Gasteiger partial charge on any atom is -0.493 e. The highest BCUT2D eigenvalue weighted by Gasteiger charge is 2.21. The van der Waals surface area contributed by atoms with Crippen LogP contribution in [0.3, 0.4) is 0 Å². The second kappa shape index (κ2) is 6.83. The molecule has 5 rings (SSSR count). The van der Waals surface area contributed by atoms with Gasteiger partial charge in [0.25, 0.3) is 0 Å². The summed E-state index contributed by atoms with van der Waals surface area (Å²) >= 11 is 0. The first-order valence-electron chi connectivity index (χ1n) is 9.37. The summed E-state index contributed by atoms with van der Waals surface area (Å²) in [6.45, 7) is 0.618. The fourth-order valence-electron chi connectivity index (χ4n) is 3.75. The normalized spacial score (nSPS) is 13.2. The molecule has 2 heterocycles. The maximum Gasteiger partial charge on any atom is 0.238 e. The molecular weight excluding hydrogens is 402 g/mol. The molecular formula is C23H17NO5S. The minimum absolute atomic E-state index is 0.00869. The van der Waals surface area contributed by atoms with Gasteiger partial charge in [-0.05, 0) is 59.7 Å². The number of rotatable bonds is 3. The predicted octanol–water partition coefficient (Wildman–Crippen LogP) is 3.71. The maximum absolute atomic E-state index is 13.4. The first kappa shape index (κ1) is 18.6. The van der Waals surface area contributed by atoms with E-state index in [-0.39, 0.29) is 10.3 Å². The van der Waals surface area contributed by atoms with Gasteiger partial charge in [-0.25, -0.2) is 13.6 Å². The van der Waals surface area contributed by atoms with Crippen molar-refractivity contribution in [2.45, 2.75) is 11.3 Å². The van der Waals surface area contributed by atoms with E-state index in [1.165, 1.54) is 12.1 Å². The summed E-state index contributed by atoms with van der Waals surface area (Å²) in [6.07, 6.45) is 0.778. The maximum atomic E-state index is 13.4. The van der Waals surface area contributed by atoms with Gasteiger partial charge in [0.15, 0.2) is 0 Å². The molecule has 7 heteroatoms. The van der Waals surface area contributed by atoms with Crippen LogP contribution in [-0.4, -0.2) is 15.0 Å². The molecule has 4 aromatic rings. The molecule has 0 bridgehead atoms. The number of hydrogen-bond donors (Lipinski definition) is 1. The third-order valence-electron chi connectivity index (χ3n) is 5.22. The van der Waals surface area contributed by atoms with Gasteiger partial charge in [0.1, 0.15) is 17.1 Å². The van der Waals surface area contributed by atoms with Gasteiger partial charge < -0.3 is 9.15 Å². The molecule has 0 radical (unpaired) electrons. The lowest BCUT2D eigenvalue weighted by molar-refractivity contribution is 0.357. The molecule has 30 heavy (non-hydrogen) atoms. The lowest BCUT2D eigenvalue weighted by atomic mass is 9.96. The minimum atomic E-state index is -3.82. The van der Waals surface area contributed by atoms with Crippen molar-refractivity contribution >= 4 is 21.0 Å². The topological polar surface area (TPSA) is 99.6 Å². The van der Waals surface area contributed by atoms with Crippen LogP contribution in [0, 0.1) is 0 Å². The first-order valence-corrected chi connectivity index (χ1v) is 10.9. The van der Waals surface area contributed by atoms with Crippen LogP contribution in [-0.2, 0) is 16.4 Å². The summed E-state index contributed by atoms with van der Waals surface area (Å²) in [5, 5.41) is 5.68. The summed E-state index contributed by atoms with van der Waals surface area (Å²) in [7, 11) is -3.82. The van der Waals surface area contributed by atoms with Crippen LogP contribution in [0.15, 0.2) is 80.8 Å². The first-order chi connectivity index (χ1) is 14.4. The van der Waals surface area contributed by atoms with Crippen molar-refractivity contribution in [1.29, 1.82) is 0 Å². The van der Waals surface area contributed by atoms with Gasteiger partial charge in [0, 0.05) is 12.0 Å². The molecule has 0 aliphatic carbocycles. The van der Waals surface area contributed by atoms with Crippen LogP contribution in [0.4, 0.5) is 0 Å². The molecule has 6 nitrogen and oxygen atoms in total. The molecule has 1 aliphatic heterocycles. The van der Waals surface area contributed by atoms with Crippen molar-refractivity contribution in [3.63, 3.8) is 0 Å². The second-order valence-electron chi connectivity index (χ2n) is 7.12. The molecule has 1 aromatic heterocycles. The number of nitrogens with two attached hydrogens (primary N) is 1. The van der Waals surface area contributed by atoms with E-state index >= 15 is 0 Å². The quantitative estimate of drug-likeness (QED) is 0.546. The van der Waals surface area contributed by atoms with Crippen molar-refractivity contribution in [2.24, 2.45) is 5.14 Å². The average molecular weight is 419 g/mol. The molecule has 0 saturated carbocycles. The van der Waals surface area contributed by atoms with Crippen molar-refractivity contribution < 1.29 is 17.6 Å². The van der Waals surface area contributed by atoms with Crippen molar-refractivity contribution in [2.75, 3.05) is 6.61 Å². The molecule has 0 saturated heterocycles. The Morgan fingerprint density at radius 1 is 0.900 bits per heavy atom. The summed E-state index contributed by atoms with van der Waals surface area (Å²) in [5.74, 6) is 1.20. The fourth-order valence-corrected chi connectivity index (χ4v) is 4.26. The van der Waals surface area contributed by atoms with E-state index in [1.807, 2.05) is 18.2 Å². The molecule has 0 atom stereocenters. The number of fused-ring (bicyclic) bond motifs is 2. The van der Waals surface area contributed by atoms with Crippen LogP contribution >= 0.6 is 0 Å². The Kier molecular flexibility index (Phi) is 4.23. The third-order valence-corrected chi connectivity index (χ3v) is 6.15. The molecule has 1 aliphatic rings. The van der Waals surface area contributed by atoms with Crippen LogP contribution in [0.2, 0.25) is 0 Å². The SMILES string of the molecule is NS(=O)(=O)c1ccc(-c2oc3ccccc3c(=O)c2-c2ccc3c(c2)CCO3)cc1. The smallest absolute Gasteiger partial charge is 0.238 e. The lowest BCUT2D eigenvalue weighted by Gasteiger charge is -2.12. The van der Waals surface area contributed by atoms with Crippen molar-refractivity contribution in [1.82, 2.24) is 0 Å². The third kappa shape index (κ3) is 3.08. The van der Waals surface area contributed by atoms with E-state index in [2.05, 4.69) is 0 Å². The summed E-state index contributed by atoms with van der Waals surface area (Å²) < 4.78 is 34.9. The van der Waals surface area contributed by atoms with E-state index < -0.39 is 10.0 Å². The highest BCUT2D eigenvalue weighted by molar-refractivity contribution is 7.89. The Hall–Kier alpha value is -3.42. The number of primary sulfonamides is 1. The van der Waals surface area contributed by atoms with Gasteiger partial charge >= 0.3 is 0 Å². The van der Waals surface area contributed by atoms with Crippen molar-refractivity contribution in [3.8, 4) is 28.2 Å². The van der Waals surface area contributed by atoms with Crippen LogP contribution in [0.1, 0.15) is 5.56 Å². The summed E-state index contributed by atoms with van der Waals surface area (Å²) in [6, 6.07) is 18.7. The zero-order valence-electron chi connectivity index (χ0n) is 15.8. The van der Waals surface area contributed by atoms with E-state index in [9.17, 15) is 13.2 Å². The van der Waals surface area contributed by atoms with Gasteiger partial charge in [-0.15, -0.1) is 0 Å². The van der Waals surface area contributed by atoms with Crippen LogP contribution < -0.4 is 15.3 Å². The number of para-hydroxylation sites is 1. The Morgan fingerprint density at radius 3 is 2.40 bits per heavy atom. The molecule has 150 valence electrons. The highest BCUT2D eigenvalue weighted by Crippen LogP contribution is 2.36. The lowest BCUT2D eigenvalue weighted by Crippen LogP contribution is -2.12. The second-order valence-corrected chi connectivity index (χ2v) is 8.68. The van der Waals surface area contributed by atoms with Crippen LogP contribution in [0.5, 0.6) is 5.75 Å². The van der Waals surface area contributed by atoms with Gasteiger partial charge in [0.2, 0.25) is 15.5 Å². The number of hydrogen-bond acceptors (Lipinski definition) is 5. The van der Waals surface area contributed by atoms with Crippen LogP contribution in [0.25, 0.3) is 33.4 Å². The monoisotopic (exact) mass is 419 g/mol.